The molecule has 2 heteroatoms. The monoisotopic (exact) mass is 487 g/mol. The molecule has 0 atom stereocenters. The van der Waals surface area contributed by atoms with Gasteiger partial charge in [0.2, 0.25) is 0 Å². The zero-order chi connectivity index (χ0) is 25.3. The van der Waals surface area contributed by atoms with Crippen molar-refractivity contribution in [1.29, 1.82) is 0 Å². The molecule has 0 saturated carbocycles. The molecule has 1 aliphatic rings. The molecule has 1 heterocycles. The summed E-state index contributed by atoms with van der Waals surface area (Å²) in [5, 5.41) is 0. The smallest absolute Gasteiger partial charge is 0.151 e. The average molecular weight is 488 g/mol. The zero-order valence-electron chi connectivity index (χ0n) is 20.8. The van der Waals surface area contributed by atoms with E-state index in [9.17, 15) is 0 Å². The van der Waals surface area contributed by atoms with Crippen LogP contribution in [0.15, 0.2) is 152 Å². The van der Waals surface area contributed by atoms with E-state index in [1.807, 2.05) is 24.3 Å². The Hall–Kier alpha value is -5.08. The lowest BCUT2D eigenvalue weighted by Crippen LogP contribution is -2.16. The SMILES string of the molecule is c1ccc(-c2cc(N3c4ccccc4Oc4ccccc43)cc(-c3ccccc3)c2-c2ccccc2)cc1. The number of ether oxygens (including phenoxy) is 1. The van der Waals surface area contributed by atoms with Gasteiger partial charge in [0, 0.05) is 5.69 Å². The molecule has 0 aromatic heterocycles. The molecular weight excluding hydrogens is 462 g/mol. The summed E-state index contributed by atoms with van der Waals surface area (Å²) in [5.41, 5.74) is 10.3. The van der Waals surface area contributed by atoms with Crippen LogP contribution in [0, 0.1) is 0 Å². The molecule has 6 aromatic rings. The van der Waals surface area contributed by atoms with E-state index in [4.69, 9.17) is 4.74 Å². The predicted octanol–water partition coefficient (Wildman–Crippen LogP) is 10.3. The van der Waals surface area contributed by atoms with Crippen molar-refractivity contribution in [2.24, 2.45) is 0 Å². The lowest BCUT2D eigenvalue weighted by Gasteiger charge is -2.34. The maximum Gasteiger partial charge on any atom is 0.151 e. The van der Waals surface area contributed by atoms with E-state index < -0.39 is 0 Å². The molecular formula is C36H25NO. The third-order valence-electron chi connectivity index (χ3n) is 7.05. The van der Waals surface area contributed by atoms with Crippen LogP contribution in [-0.4, -0.2) is 0 Å². The van der Waals surface area contributed by atoms with Gasteiger partial charge in [-0.2, -0.15) is 0 Å². The number of benzene rings is 6. The van der Waals surface area contributed by atoms with E-state index in [0.29, 0.717) is 0 Å². The number of rotatable bonds is 4. The third-order valence-corrected chi connectivity index (χ3v) is 7.05. The van der Waals surface area contributed by atoms with Crippen LogP contribution in [0.3, 0.4) is 0 Å². The van der Waals surface area contributed by atoms with E-state index in [-0.39, 0.29) is 0 Å². The van der Waals surface area contributed by atoms with Crippen LogP contribution in [0.5, 0.6) is 11.5 Å². The topological polar surface area (TPSA) is 12.5 Å². The van der Waals surface area contributed by atoms with Gasteiger partial charge in [0.1, 0.15) is 0 Å². The maximum absolute atomic E-state index is 6.31. The molecule has 0 unspecified atom stereocenters. The van der Waals surface area contributed by atoms with Gasteiger partial charge in [-0.15, -0.1) is 0 Å². The first-order valence-electron chi connectivity index (χ1n) is 12.9. The van der Waals surface area contributed by atoms with Crippen LogP contribution in [-0.2, 0) is 0 Å². The van der Waals surface area contributed by atoms with Crippen molar-refractivity contribution in [1.82, 2.24) is 0 Å². The molecule has 7 rings (SSSR count). The fourth-order valence-corrected chi connectivity index (χ4v) is 5.35. The molecule has 0 spiro atoms. The fourth-order valence-electron chi connectivity index (χ4n) is 5.35. The lowest BCUT2D eigenvalue weighted by atomic mass is 9.86. The quantitative estimate of drug-likeness (QED) is 0.245. The second-order valence-electron chi connectivity index (χ2n) is 9.39. The number of nitrogens with zero attached hydrogens (tertiary/aromatic N) is 1. The summed E-state index contributed by atoms with van der Waals surface area (Å²) in [6.07, 6.45) is 0. The van der Waals surface area contributed by atoms with Gasteiger partial charge in [0.15, 0.2) is 11.5 Å². The van der Waals surface area contributed by atoms with Crippen LogP contribution < -0.4 is 9.64 Å². The Bertz CT molecular complexity index is 1620. The number of hydrogen-bond acceptors (Lipinski definition) is 2. The van der Waals surface area contributed by atoms with E-state index in [0.717, 1.165) is 28.6 Å². The van der Waals surface area contributed by atoms with Gasteiger partial charge in [-0.25, -0.2) is 0 Å². The Morgan fingerprint density at radius 3 is 1.26 bits per heavy atom. The molecule has 0 amide bonds. The van der Waals surface area contributed by atoms with Crippen molar-refractivity contribution >= 4 is 17.1 Å². The minimum atomic E-state index is 0.848. The Labute approximate surface area is 223 Å². The van der Waals surface area contributed by atoms with Crippen molar-refractivity contribution in [3.63, 3.8) is 0 Å². The predicted molar refractivity (Wildman–Crippen MR) is 158 cm³/mol. The molecule has 0 aliphatic carbocycles. The van der Waals surface area contributed by atoms with Crippen LogP contribution in [0.25, 0.3) is 33.4 Å². The van der Waals surface area contributed by atoms with E-state index in [2.05, 4.69) is 132 Å². The van der Waals surface area contributed by atoms with Crippen molar-refractivity contribution in [2.75, 3.05) is 4.90 Å². The van der Waals surface area contributed by atoms with Crippen molar-refractivity contribution < 1.29 is 4.74 Å². The van der Waals surface area contributed by atoms with Crippen molar-refractivity contribution in [3.8, 4) is 44.9 Å². The normalized spacial score (nSPS) is 11.8. The molecule has 0 N–H and O–H groups in total. The molecule has 0 saturated heterocycles. The summed E-state index contributed by atoms with van der Waals surface area (Å²) in [5.74, 6) is 1.70. The minimum Gasteiger partial charge on any atom is -0.453 e. The standard InChI is InChI=1S/C36H25NO/c1-4-14-26(15-5-1)30-24-29(37-32-20-10-12-22-34(32)38-35-23-13-11-21-33(35)37)25-31(27-16-6-2-7-17-27)36(30)28-18-8-3-9-19-28/h1-25H. The molecule has 0 fully saturated rings. The summed E-state index contributed by atoms with van der Waals surface area (Å²) in [4.78, 5) is 2.32. The Kier molecular flexibility index (Phi) is 5.49. The summed E-state index contributed by atoms with van der Waals surface area (Å²) in [7, 11) is 0. The number of para-hydroxylation sites is 4. The highest BCUT2D eigenvalue weighted by Gasteiger charge is 2.27. The van der Waals surface area contributed by atoms with Gasteiger partial charge < -0.3 is 9.64 Å². The first-order valence-corrected chi connectivity index (χ1v) is 12.9. The molecule has 0 radical (unpaired) electrons. The van der Waals surface area contributed by atoms with Gasteiger partial charge in [-0.1, -0.05) is 115 Å². The summed E-state index contributed by atoms with van der Waals surface area (Å²) in [6, 6.07) is 53.2. The first kappa shape index (κ1) is 22.1. The van der Waals surface area contributed by atoms with Crippen molar-refractivity contribution in [3.05, 3.63) is 152 Å². The van der Waals surface area contributed by atoms with Crippen LogP contribution in [0.4, 0.5) is 17.1 Å². The first-order chi connectivity index (χ1) is 18.9. The Morgan fingerprint density at radius 1 is 0.395 bits per heavy atom. The number of anilines is 3. The third kappa shape index (κ3) is 3.84. The minimum absolute atomic E-state index is 0.848. The van der Waals surface area contributed by atoms with E-state index >= 15 is 0 Å². The van der Waals surface area contributed by atoms with Gasteiger partial charge in [-0.3, -0.25) is 0 Å². The van der Waals surface area contributed by atoms with Crippen LogP contribution >= 0.6 is 0 Å². The van der Waals surface area contributed by atoms with Crippen LogP contribution in [0.2, 0.25) is 0 Å². The Morgan fingerprint density at radius 2 is 0.789 bits per heavy atom. The van der Waals surface area contributed by atoms with Crippen LogP contribution in [0.1, 0.15) is 0 Å². The summed E-state index contributed by atoms with van der Waals surface area (Å²) in [6.45, 7) is 0. The summed E-state index contributed by atoms with van der Waals surface area (Å²) >= 11 is 0. The van der Waals surface area contributed by atoms with Gasteiger partial charge in [0.25, 0.3) is 0 Å². The van der Waals surface area contributed by atoms with E-state index in [1.165, 1.54) is 33.4 Å². The molecule has 2 nitrogen and oxygen atoms in total. The van der Waals surface area contributed by atoms with Gasteiger partial charge in [-0.05, 0) is 69.8 Å². The molecule has 1 aliphatic heterocycles. The number of fused-ring (bicyclic) bond motifs is 2. The fraction of sp³-hybridized carbons (Fsp3) is 0. The lowest BCUT2D eigenvalue weighted by molar-refractivity contribution is 0.477. The second kappa shape index (κ2) is 9.42. The largest absolute Gasteiger partial charge is 0.453 e. The summed E-state index contributed by atoms with van der Waals surface area (Å²) < 4.78 is 6.31. The van der Waals surface area contributed by atoms with Gasteiger partial charge in [0.05, 0.1) is 11.4 Å². The Balaban J connectivity index is 1.57. The van der Waals surface area contributed by atoms with Crippen molar-refractivity contribution in [2.45, 2.75) is 0 Å². The zero-order valence-corrected chi connectivity index (χ0v) is 20.8. The van der Waals surface area contributed by atoms with E-state index in [1.54, 1.807) is 0 Å². The average Bonchev–Trinajstić information content (AvgIpc) is 3.00. The molecule has 38 heavy (non-hydrogen) atoms. The highest BCUT2D eigenvalue weighted by Crippen LogP contribution is 2.52. The molecule has 6 aromatic carbocycles. The number of hydrogen-bond donors (Lipinski definition) is 0. The molecule has 180 valence electrons. The highest BCUT2D eigenvalue weighted by molar-refractivity contribution is 5.99. The maximum atomic E-state index is 6.31. The van der Waals surface area contributed by atoms with Gasteiger partial charge >= 0.3 is 0 Å². The molecule has 0 bridgehead atoms. The highest BCUT2D eigenvalue weighted by atomic mass is 16.5. The second-order valence-corrected chi connectivity index (χ2v) is 9.39.